The van der Waals surface area contributed by atoms with Gasteiger partial charge in [-0.1, -0.05) is 62.2 Å². The van der Waals surface area contributed by atoms with Gasteiger partial charge >= 0.3 is 0 Å². The molecule has 0 unspecified atom stereocenters. The number of hydrogen-bond acceptors (Lipinski definition) is 4. The maximum atomic E-state index is 13.0. The van der Waals surface area contributed by atoms with E-state index in [0.717, 1.165) is 25.7 Å². The Kier molecular flexibility index (Phi) is 5.64. The predicted octanol–water partition coefficient (Wildman–Crippen LogP) is 3.13. The largest absolute Gasteiger partial charge is 0.353 e. The van der Waals surface area contributed by atoms with Gasteiger partial charge in [-0.15, -0.1) is 0 Å². The highest BCUT2D eigenvalue weighted by Crippen LogP contribution is 2.47. The molecule has 0 aromatic heterocycles. The predicted molar refractivity (Wildman–Crippen MR) is 117 cm³/mol. The quantitative estimate of drug-likeness (QED) is 0.681. The van der Waals surface area contributed by atoms with Crippen molar-refractivity contribution in [1.82, 2.24) is 10.0 Å². The molecule has 1 amide bonds. The number of carbonyl (C=O) groups excluding carboxylic acids is 1. The first-order valence-electron chi connectivity index (χ1n) is 10.5. The first-order valence-corrected chi connectivity index (χ1v) is 12.0. The summed E-state index contributed by atoms with van der Waals surface area (Å²) in [4.78, 5) is 17.8. The third-order valence-corrected chi connectivity index (χ3v) is 7.32. The van der Waals surface area contributed by atoms with Crippen molar-refractivity contribution >= 4 is 21.8 Å². The second-order valence-corrected chi connectivity index (χ2v) is 9.75. The van der Waals surface area contributed by atoms with Gasteiger partial charge in [-0.05, 0) is 37.0 Å². The first-order chi connectivity index (χ1) is 14.5. The van der Waals surface area contributed by atoms with E-state index in [-0.39, 0.29) is 22.1 Å². The van der Waals surface area contributed by atoms with E-state index in [2.05, 4.69) is 34.1 Å². The molecule has 2 aliphatic rings. The van der Waals surface area contributed by atoms with Gasteiger partial charge in [0, 0.05) is 17.5 Å². The van der Waals surface area contributed by atoms with Crippen LogP contribution in [0.15, 0.2) is 64.5 Å². The van der Waals surface area contributed by atoms with Crippen LogP contribution in [0.5, 0.6) is 0 Å². The number of sulfonamides is 1. The number of fused-ring (bicyclic) bond motifs is 1. The van der Waals surface area contributed by atoms with Crippen LogP contribution in [0.2, 0.25) is 0 Å². The Bertz CT molecular complexity index is 1060. The summed E-state index contributed by atoms with van der Waals surface area (Å²) in [6, 6.07) is 16.4. The molecule has 2 aromatic carbocycles. The molecule has 0 spiro atoms. The van der Waals surface area contributed by atoms with Crippen LogP contribution in [0, 0.1) is 0 Å². The molecule has 0 saturated heterocycles. The van der Waals surface area contributed by atoms with Crippen molar-refractivity contribution in [3.05, 3.63) is 65.7 Å². The number of nitrogens with zero attached hydrogens (tertiary/aromatic N) is 1. The van der Waals surface area contributed by atoms with E-state index < -0.39 is 16.1 Å². The van der Waals surface area contributed by atoms with Crippen LogP contribution < -0.4 is 10.0 Å². The summed E-state index contributed by atoms with van der Waals surface area (Å²) in [5, 5.41) is 3.09. The fourth-order valence-electron chi connectivity index (χ4n) is 3.92. The Hall–Kier alpha value is -2.67. The molecule has 1 fully saturated rings. The minimum atomic E-state index is -3.62. The fourth-order valence-corrected chi connectivity index (χ4v) is 5.16. The Morgan fingerprint density at radius 3 is 2.53 bits per heavy atom. The average molecular weight is 426 g/mol. The molecule has 1 aliphatic carbocycles. The molecule has 1 heterocycles. The van der Waals surface area contributed by atoms with E-state index in [4.69, 9.17) is 0 Å². The summed E-state index contributed by atoms with van der Waals surface area (Å²) in [5.41, 5.74) is 1.79. The average Bonchev–Trinajstić information content (AvgIpc) is 3.51. The Morgan fingerprint density at radius 2 is 1.83 bits per heavy atom. The van der Waals surface area contributed by atoms with E-state index in [9.17, 15) is 13.2 Å². The van der Waals surface area contributed by atoms with Crippen LogP contribution in [0.4, 0.5) is 0 Å². The van der Waals surface area contributed by atoms with Crippen molar-refractivity contribution in [1.29, 1.82) is 0 Å². The Morgan fingerprint density at radius 1 is 1.13 bits per heavy atom. The van der Waals surface area contributed by atoms with E-state index in [0.29, 0.717) is 18.5 Å². The minimum absolute atomic E-state index is 0.0148. The molecule has 7 heteroatoms. The molecule has 2 N–H and O–H groups in total. The molecule has 0 bridgehead atoms. The van der Waals surface area contributed by atoms with Crippen molar-refractivity contribution < 1.29 is 13.2 Å². The van der Waals surface area contributed by atoms with Crippen LogP contribution in [-0.4, -0.2) is 32.7 Å². The van der Waals surface area contributed by atoms with E-state index >= 15 is 0 Å². The molecule has 2 aromatic rings. The Labute approximate surface area is 177 Å². The van der Waals surface area contributed by atoms with Gasteiger partial charge in [0.05, 0.1) is 4.90 Å². The molecule has 1 aliphatic heterocycles. The lowest BCUT2D eigenvalue weighted by Gasteiger charge is -2.19. The first kappa shape index (κ1) is 20.6. The van der Waals surface area contributed by atoms with Crippen molar-refractivity contribution in [2.75, 3.05) is 6.54 Å². The third kappa shape index (κ3) is 4.12. The maximum absolute atomic E-state index is 13.0. The number of unbranched alkanes of at least 4 members (excludes halogenated alkanes) is 1. The summed E-state index contributed by atoms with van der Waals surface area (Å²) in [6.07, 6.45) is 4.46. The van der Waals surface area contributed by atoms with Gasteiger partial charge in [0.25, 0.3) is 10.0 Å². The van der Waals surface area contributed by atoms with Crippen molar-refractivity contribution in [3.63, 3.8) is 0 Å². The van der Waals surface area contributed by atoms with Crippen molar-refractivity contribution in [2.45, 2.75) is 55.4 Å². The van der Waals surface area contributed by atoms with E-state index in [1.165, 1.54) is 5.56 Å². The highest BCUT2D eigenvalue weighted by Gasteiger charge is 2.44. The van der Waals surface area contributed by atoms with Crippen molar-refractivity contribution in [3.8, 4) is 0 Å². The SMILES string of the molecule is CCCC[C@@H](N=C1NS(=O)(=O)c2ccccc21)C(=O)NCC1(c2ccccc2)CC1. The lowest BCUT2D eigenvalue weighted by Crippen LogP contribution is -2.39. The number of hydrogen-bond donors (Lipinski definition) is 2. The maximum Gasteiger partial charge on any atom is 0.263 e. The fraction of sp³-hybridized carbons (Fsp3) is 0.391. The lowest BCUT2D eigenvalue weighted by molar-refractivity contribution is -0.122. The molecular weight excluding hydrogens is 398 g/mol. The lowest BCUT2D eigenvalue weighted by atomic mass is 9.96. The summed E-state index contributed by atoms with van der Waals surface area (Å²) in [5.74, 6) is 0.104. The number of rotatable bonds is 8. The van der Waals surface area contributed by atoms with Gasteiger partial charge in [-0.2, -0.15) is 0 Å². The number of amides is 1. The second kappa shape index (κ2) is 8.22. The molecule has 30 heavy (non-hydrogen) atoms. The standard InChI is InChI=1S/C23H27N3O3S/c1-2-3-12-19(25-21-18-11-7-8-13-20(18)30(28,29)26-21)22(27)24-16-23(14-15-23)17-9-5-4-6-10-17/h4-11,13,19H,2-3,12,14-16H2,1H3,(H,24,27)(H,25,26)/t19-/m1/s1. The summed E-state index contributed by atoms with van der Waals surface area (Å²) in [6.45, 7) is 2.63. The molecule has 6 nitrogen and oxygen atoms in total. The van der Waals surface area contributed by atoms with Crippen LogP contribution >= 0.6 is 0 Å². The topological polar surface area (TPSA) is 87.6 Å². The van der Waals surface area contributed by atoms with Gasteiger partial charge in [-0.3, -0.25) is 14.5 Å². The monoisotopic (exact) mass is 425 g/mol. The molecule has 1 saturated carbocycles. The number of amidine groups is 1. The van der Waals surface area contributed by atoms with Gasteiger partial charge in [0.1, 0.15) is 11.9 Å². The second-order valence-electron chi connectivity index (χ2n) is 8.10. The van der Waals surface area contributed by atoms with Crippen LogP contribution in [-0.2, 0) is 20.2 Å². The molecule has 4 rings (SSSR count). The van der Waals surface area contributed by atoms with Crippen LogP contribution in [0.3, 0.4) is 0 Å². The minimum Gasteiger partial charge on any atom is -0.353 e. The zero-order valence-electron chi connectivity index (χ0n) is 17.1. The molecule has 1 atom stereocenters. The van der Waals surface area contributed by atoms with Gasteiger partial charge in [0.15, 0.2) is 0 Å². The van der Waals surface area contributed by atoms with Crippen molar-refractivity contribution in [2.24, 2.45) is 4.99 Å². The Balaban J connectivity index is 1.52. The van der Waals surface area contributed by atoms with Crippen LogP contribution in [0.25, 0.3) is 0 Å². The zero-order chi connectivity index (χ0) is 21.2. The normalized spacial score (nSPS) is 20.2. The van der Waals surface area contributed by atoms with E-state index in [1.54, 1.807) is 24.3 Å². The van der Waals surface area contributed by atoms with E-state index in [1.807, 2.05) is 18.2 Å². The number of nitrogens with one attached hydrogen (secondary N) is 2. The zero-order valence-corrected chi connectivity index (χ0v) is 17.9. The summed E-state index contributed by atoms with van der Waals surface area (Å²) in [7, 11) is -3.62. The molecule has 158 valence electrons. The van der Waals surface area contributed by atoms with Gasteiger partial charge in [0.2, 0.25) is 5.91 Å². The number of carbonyl (C=O) groups is 1. The molecule has 0 radical (unpaired) electrons. The summed E-state index contributed by atoms with van der Waals surface area (Å²) < 4.78 is 27.2. The highest BCUT2D eigenvalue weighted by atomic mass is 32.2. The van der Waals surface area contributed by atoms with Gasteiger partial charge in [-0.25, -0.2) is 8.42 Å². The summed E-state index contributed by atoms with van der Waals surface area (Å²) >= 11 is 0. The van der Waals surface area contributed by atoms with Gasteiger partial charge < -0.3 is 5.32 Å². The molecular formula is C23H27N3O3S. The highest BCUT2D eigenvalue weighted by molar-refractivity contribution is 7.90. The third-order valence-electron chi connectivity index (χ3n) is 5.92. The number of aliphatic imine (C=N–C) groups is 1. The number of benzene rings is 2. The smallest absolute Gasteiger partial charge is 0.263 e. The van der Waals surface area contributed by atoms with Crippen LogP contribution in [0.1, 0.15) is 50.2 Å².